The van der Waals surface area contributed by atoms with E-state index < -0.39 is 11.6 Å². The van der Waals surface area contributed by atoms with Crippen LogP contribution < -0.4 is 5.32 Å². The van der Waals surface area contributed by atoms with Crippen molar-refractivity contribution in [3.05, 3.63) is 34.9 Å². The van der Waals surface area contributed by atoms with E-state index in [2.05, 4.69) is 5.32 Å². The molecule has 1 aliphatic heterocycles. The molecule has 1 heterocycles. The Morgan fingerprint density at radius 1 is 1.25 bits per heavy atom. The number of hydrogen-bond acceptors (Lipinski definition) is 3. The monoisotopic (exact) mass is 278 g/mol. The van der Waals surface area contributed by atoms with Crippen molar-refractivity contribution >= 4 is 0 Å². The third kappa shape index (κ3) is 2.67. The Morgan fingerprint density at radius 2 is 1.95 bits per heavy atom. The summed E-state index contributed by atoms with van der Waals surface area (Å²) in [7, 11) is 0. The van der Waals surface area contributed by atoms with Crippen LogP contribution in [-0.4, -0.2) is 18.8 Å². The highest BCUT2D eigenvalue weighted by Gasteiger charge is 2.40. The minimum atomic E-state index is -0.670. The Hall–Kier alpha value is -1.51. The van der Waals surface area contributed by atoms with E-state index in [4.69, 9.17) is 10.00 Å². The van der Waals surface area contributed by atoms with E-state index in [9.17, 15) is 8.78 Å². The molecule has 2 aliphatic rings. The zero-order valence-electron chi connectivity index (χ0n) is 11.0. The highest BCUT2D eigenvalue weighted by molar-refractivity contribution is 5.34. The maximum atomic E-state index is 13.8. The molecule has 2 fully saturated rings. The fourth-order valence-electron chi connectivity index (χ4n) is 2.79. The number of nitriles is 1. The molecule has 1 saturated carbocycles. The quantitative estimate of drug-likeness (QED) is 0.920. The van der Waals surface area contributed by atoms with Crippen LogP contribution >= 0.6 is 0 Å². The second-order valence-corrected chi connectivity index (χ2v) is 5.48. The number of halogens is 2. The second kappa shape index (κ2) is 5.47. The summed E-state index contributed by atoms with van der Waals surface area (Å²) in [6, 6.07) is 4.05. The molecule has 2 unspecified atom stereocenters. The third-order valence-electron chi connectivity index (χ3n) is 4.03. The van der Waals surface area contributed by atoms with Crippen molar-refractivity contribution in [2.75, 3.05) is 6.61 Å². The molecule has 0 amide bonds. The van der Waals surface area contributed by atoms with Gasteiger partial charge in [0.05, 0.1) is 17.7 Å². The van der Waals surface area contributed by atoms with Crippen LogP contribution in [0.5, 0.6) is 0 Å². The number of nitrogens with zero attached hydrogens (tertiary/aromatic N) is 1. The molecule has 3 nitrogen and oxygen atoms in total. The predicted molar refractivity (Wildman–Crippen MR) is 68.8 cm³/mol. The lowest BCUT2D eigenvalue weighted by molar-refractivity contribution is 0.0807. The number of ether oxygens (including phenoxy) is 1. The van der Waals surface area contributed by atoms with Crippen molar-refractivity contribution in [1.82, 2.24) is 5.32 Å². The fraction of sp³-hybridized carbons (Fsp3) is 0.533. The maximum Gasteiger partial charge on any atom is 0.131 e. The molecule has 1 N–H and O–H groups in total. The summed E-state index contributed by atoms with van der Waals surface area (Å²) in [5.74, 6) is -0.738. The van der Waals surface area contributed by atoms with Gasteiger partial charge in [0, 0.05) is 24.8 Å². The summed E-state index contributed by atoms with van der Waals surface area (Å²) in [4.78, 5) is 0. The van der Waals surface area contributed by atoms with Gasteiger partial charge in [-0.1, -0.05) is 0 Å². The number of benzene rings is 1. The Morgan fingerprint density at radius 3 is 2.55 bits per heavy atom. The van der Waals surface area contributed by atoms with Crippen LogP contribution in [0.1, 0.15) is 30.4 Å². The first-order chi connectivity index (χ1) is 9.69. The van der Waals surface area contributed by atoms with E-state index in [0.717, 1.165) is 18.6 Å². The van der Waals surface area contributed by atoms with Crippen molar-refractivity contribution < 1.29 is 13.5 Å². The lowest BCUT2D eigenvalue weighted by Gasteiger charge is -2.19. The average molecular weight is 278 g/mol. The second-order valence-electron chi connectivity index (χ2n) is 5.48. The minimum Gasteiger partial charge on any atom is -0.376 e. The van der Waals surface area contributed by atoms with E-state index in [1.165, 1.54) is 12.8 Å². The Kier molecular flexibility index (Phi) is 3.68. The molecule has 1 aromatic carbocycles. The molecule has 1 saturated heterocycles. The summed E-state index contributed by atoms with van der Waals surface area (Å²) in [5, 5.41) is 11.9. The predicted octanol–water partition coefficient (Wildman–Crippen LogP) is 2.49. The molecule has 0 bridgehead atoms. The molecule has 20 heavy (non-hydrogen) atoms. The normalized spacial score (nSPS) is 25.6. The van der Waals surface area contributed by atoms with E-state index in [0.29, 0.717) is 12.5 Å². The van der Waals surface area contributed by atoms with E-state index in [1.807, 2.05) is 0 Å². The molecular weight excluding hydrogens is 262 g/mol. The highest BCUT2D eigenvalue weighted by atomic mass is 19.1. The van der Waals surface area contributed by atoms with Crippen LogP contribution in [0.4, 0.5) is 8.78 Å². The summed E-state index contributed by atoms with van der Waals surface area (Å²) < 4.78 is 33.2. The zero-order valence-corrected chi connectivity index (χ0v) is 11.0. The van der Waals surface area contributed by atoms with E-state index in [-0.39, 0.29) is 29.8 Å². The standard InChI is InChI=1S/C15H16F2N2O/c16-12-5-9(7-18)6-13(17)11(12)8-19-14-3-4-20-15(14)10-1-2-10/h5-6,10,14-15,19H,1-4,8H2. The van der Waals surface area contributed by atoms with Crippen molar-refractivity contribution in [2.24, 2.45) is 5.92 Å². The first kappa shape index (κ1) is 13.5. The van der Waals surface area contributed by atoms with E-state index >= 15 is 0 Å². The van der Waals surface area contributed by atoms with Crippen molar-refractivity contribution in [2.45, 2.75) is 38.0 Å². The molecular formula is C15H16F2N2O. The van der Waals surface area contributed by atoms with Gasteiger partial charge in [-0.05, 0) is 37.3 Å². The lowest BCUT2D eigenvalue weighted by Crippen LogP contribution is -2.37. The first-order valence-electron chi connectivity index (χ1n) is 6.92. The van der Waals surface area contributed by atoms with Crippen LogP contribution in [0.3, 0.4) is 0 Å². The molecule has 0 spiro atoms. The molecule has 0 radical (unpaired) electrons. The van der Waals surface area contributed by atoms with Gasteiger partial charge in [0.2, 0.25) is 0 Å². The maximum absolute atomic E-state index is 13.8. The Bertz CT molecular complexity index is 528. The molecule has 0 aromatic heterocycles. The molecule has 1 aliphatic carbocycles. The fourth-order valence-corrected chi connectivity index (χ4v) is 2.79. The van der Waals surface area contributed by atoms with Crippen LogP contribution in [0.15, 0.2) is 12.1 Å². The Balaban J connectivity index is 1.67. The molecule has 1 aromatic rings. The molecule has 5 heteroatoms. The van der Waals surface area contributed by atoms with Crippen molar-refractivity contribution in [3.63, 3.8) is 0 Å². The van der Waals surface area contributed by atoms with Gasteiger partial charge in [0.1, 0.15) is 11.6 Å². The van der Waals surface area contributed by atoms with Gasteiger partial charge in [-0.25, -0.2) is 8.78 Å². The topological polar surface area (TPSA) is 45.0 Å². The van der Waals surface area contributed by atoms with Crippen LogP contribution in [0, 0.1) is 28.9 Å². The first-order valence-corrected chi connectivity index (χ1v) is 6.92. The highest BCUT2D eigenvalue weighted by Crippen LogP contribution is 2.38. The molecule has 106 valence electrons. The van der Waals surface area contributed by atoms with Crippen molar-refractivity contribution in [1.29, 1.82) is 5.26 Å². The van der Waals surface area contributed by atoms with Crippen LogP contribution in [0.25, 0.3) is 0 Å². The van der Waals surface area contributed by atoms with Gasteiger partial charge in [0.15, 0.2) is 0 Å². The summed E-state index contributed by atoms with van der Waals surface area (Å²) >= 11 is 0. The van der Waals surface area contributed by atoms with Crippen LogP contribution in [-0.2, 0) is 11.3 Å². The number of hydrogen-bond donors (Lipinski definition) is 1. The SMILES string of the molecule is N#Cc1cc(F)c(CNC2CCOC2C2CC2)c(F)c1. The van der Waals surface area contributed by atoms with Crippen LogP contribution in [0.2, 0.25) is 0 Å². The van der Waals surface area contributed by atoms with Gasteiger partial charge in [-0.3, -0.25) is 0 Å². The van der Waals surface area contributed by atoms with Gasteiger partial charge >= 0.3 is 0 Å². The largest absolute Gasteiger partial charge is 0.376 e. The summed E-state index contributed by atoms with van der Waals surface area (Å²) in [5.41, 5.74) is -0.00532. The van der Waals surface area contributed by atoms with Gasteiger partial charge in [0.25, 0.3) is 0 Å². The number of nitrogens with one attached hydrogen (secondary N) is 1. The Labute approximate surface area is 116 Å². The smallest absolute Gasteiger partial charge is 0.131 e. The molecule has 3 rings (SSSR count). The third-order valence-corrected chi connectivity index (χ3v) is 4.03. The summed E-state index contributed by atoms with van der Waals surface area (Å²) in [6.07, 6.45) is 3.42. The summed E-state index contributed by atoms with van der Waals surface area (Å²) in [6.45, 7) is 0.831. The zero-order chi connectivity index (χ0) is 14.1. The van der Waals surface area contributed by atoms with Gasteiger partial charge < -0.3 is 10.1 Å². The van der Waals surface area contributed by atoms with Gasteiger partial charge in [-0.2, -0.15) is 5.26 Å². The van der Waals surface area contributed by atoms with Crippen molar-refractivity contribution in [3.8, 4) is 6.07 Å². The average Bonchev–Trinajstić information content (AvgIpc) is 3.17. The van der Waals surface area contributed by atoms with Gasteiger partial charge in [-0.15, -0.1) is 0 Å². The number of rotatable bonds is 4. The minimum absolute atomic E-state index is 0.00352. The molecule has 2 atom stereocenters. The van der Waals surface area contributed by atoms with E-state index in [1.54, 1.807) is 6.07 Å². The lowest BCUT2D eigenvalue weighted by atomic mass is 10.1.